The summed E-state index contributed by atoms with van der Waals surface area (Å²) in [6.45, 7) is 1.44. The van der Waals surface area contributed by atoms with E-state index in [1.807, 2.05) is 30.3 Å². The summed E-state index contributed by atoms with van der Waals surface area (Å²) in [7, 11) is 0. The number of carbonyl (C=O) groups excluding carboxylic acids is 2. The summed E-state index contributed by atoms with van der Waals surface area (Å²) in [6, 6.07) is 12.3. The lowest BCUT2D eigenvalue weighted by molar-refractivity contribution is -0.125. The van der Waals surface area contributed by atoms with Crippen molar-refractivity contribution in [3.05, 3.63) is 57.4 Å². The molecule has 0 aliphatic carbocycles. The first kappa shape index (κ1) is 16.5. The minimum atomic E-state index is -0.571. The second-order valence-electron chi connectivity index (χ2n) is 5.16. The van der Waals surface area contributed by atoms with Gasteiger partial charge in [-0.15, -0.1) is 11.3 Å². The van der Waals surface area contributed by atoms with E-state index in [4.69, 9.17) is 20.8 Å². The molecule has 7 heteroatoms. The number of fused-ring (bicyclic) bond motifs is 1. The van der Waals surface area contributed by atoms with E-state index in [1.165, 1.54) is 0 Å². The molecule has 0 aliphatic heterocycles. The number of halogens is 1. The van der Waals surface area contributed by atoms with Crippen molar-refractivity contribution >= 4 is 45.8 Å². The Balaban J connectivity index is 1.55. The van der Waals surface area contributed by atoms with Crippen molar-refractivity contribution in [1.29, 1.82) is 0 Å². The molecule has 0 unspecified atom stereocenters. The highest BCUT2D eigenvalue weighted by atomic mass is 35.5. The molecule has 0 saturated carbocycles. The van der Waals surface area contributed by atoms with Crippen LogP contribution in [-0.4, -0.2) is 18.5 Å². The van der Waals surface area contributed by atoms with Crippen LogP contribution < -0.4 is 5.32 Å². The molecule has 0 radical (unpaired) electrons. The standard InChI is InChI=1S/C17H14ClNO4S/c1-10(13-8-11-4-2-3-5-12(11)23-13)19-16(20)9-22-17(21)14-6-7-15(18)24-14/h2-8,10H,9H2,1H3,(H,19,20)/t10-/m0/s1. The summed E-state index contributed by atoms with van der Waals surface area (Å²) in [5, 5.41) is 3.70. The van der Waals surface area contributed by atoms with Gasteiger partial charge in [-0.25, -0.2) is 4.79 Å². The van der Waals surface area contributed by atoms with Gasteiger partial charge >= 0.3 is 5.97 Å². The normalized spacial score (nSPS) is 12.1. The average Bonchev–Trinajstić information content (AvgIpc) is 3.18. The van der Waals surface area contributed by atoms with E-state index in [9.17, 15) is 9.59 Å². The van der Waals surface area contributed by atoms with Crippen molar-refractivity contribution in [2.75, 3.05) is 6.61 Å². The predicted molar refractivity (Wildman–Crippen MR) is 92.4 cm³/mol. The molecule has 2 aromatic heterocycles. The third-order valence-electron chi connectivity index (χ3n) is 3.36. The smallest absolute Gasteiger partial charge is 0.348 e. The van der Waals surface area contributed by atoms with Crippen molar-refractivity contribution < 1.29 is 18.7 Å². The summed E-state index contributed by atoms with van der Waals surface area (Å²) < 4.78 is 11.2. The fourth-order valence-electron chi connectivity index (χ4n) is 2.20. The molecule has 1 amide bonds. The Morgan fingerprint density at radius 3 is 2.79 bits per heavy atom. The van der Waals surface area contributed by atoms with E-state index in [0.29, 0.717) is 15.0 Å². The van der Waals surface area contributed by atoms with Crippen LogP contribution in [0.4, 0.5) is 0 Å². The van der Waals surface area contributed by atoms with Gasteiger partial charge in [-0.3, -0.25) is 4.79 Å². The highest BCUT2D eigenvalue weighted by molar-refractivity contribution is 7.17. The van der Waals surface area contributed by atoms with Crippen LogP contribution in [0.1, 0.15) is 28.4 Å². The minimum absolute atomic E-state index is 0.334. The first-order valence-electron chi connectivity index (χ1n) is 7.23. The molecule has 3 rings (SSSR count). The highest BCUT2D eigenvalue weighted by Gasteiger charge is 2.16. The lowest BCUT2D eigenvalue weighted by Gasteiger charge is -2.11. The largest absolute Gasteiger partial charge is 0.459 e. The van der Waals surface area contributed by atoms with Crippen LogP contribution in [0.5, 0.6) is 0 Å². The predicted octanol–water partition coefficient (Wildman–Crippen LogP) is 4.18. The number of thiophene rings is 1. The third-order valence-corrected chi connectivity index (χ3v) is 4.57. The molecule has 24 heavy (non-hydrogen) atoms. The van der Waals surface area contributed by atoms with Gasteiger partial charge in [-0.2, -0.15) is 0 Å². The zero-order valence-corrected chi connectivity index (χ0v) is 14.3. The fraction of sp³-hybridized carbons (Fsp3) is 0.176. The maximum atomic E-state index is 11.9. The van der Waals surface area contributed by atoms with E-state index in [1.54, 1.807) is 19.1 Å². The Morgan fingerprint density at radius 1 is 1.29 bits per heavy atom. The van der Waals surface area contributed by atoms with E-state index >= 15 is 0 Å². The topological polar surface area (TPSA) is 68.5 Å². The molecule has 2 heterocycles. The van der Waals surface area contributed by atoms with Crippen molar-refractivity contribution in [2.45, 2.75) is 13.0 Å². The van der Waals surface area contributed by atoms with Crippen LogP contribution in [0.2, 0.25) is 4.34 Å². The summed E-state index contributed by atoms with van der Waals surface area (Å²) >= 11 is 6.86. The van der Waals surface area contributed by atoms with Gasteiger partial charge in [-0.05, 0) is 31.2 Å². The Labute approximate surface area is 147 Å². The first-order valence-corrected chi connectivity index (χ1v) is 8.42. The maximum absolute atomic E-state index is 11.9. The van der Waals surface area contributed by atoms with Gasteiger partial charge in [0.05, 0.1) is 10.4 Å². The van der Waals surface area contributed by atoms with Crippen molar-refractivity contribution in [3.63, 3.8) is 0 Å². The van der Waals surface area contributed by atoms with Crippen LogP contribution in [0.15, 0.2) is 46.9 Å². The van der Waals surface area contributed by atoms with E-state index in [2.05, 4.69) is 5.32 Å². The number of hydrogen-bond acceptors (Lipinski definition) is 5. The second-order valence-corrected chi connectivity index (χ2v) is 6.87. The molecule has 0 aliphatic rings. The summed E-state index contributed by atoms with van der Waals surface area (Å²) in [5.41, 5.74) is 0.759. The quantitative estimate of drug-likeness (QED) is 0.690. The molecule has 0 fully saturated rings. The SMILES string of the molecule is C[C@H](NC(=O)COC(=O)c1ccc(Cl)s1)c1cc2ccccc2o1. The molecular formula is C17H14ClNO4S. The molecule has 0 bridgehead atoms. The van der Waals surface area contributed by atoms with Gasteiger partial charge in [0.1, 0.15) is 16.2 Å². The number of furan rings is 1. The highest BCUT2D eigenvalue weighted by Crippen LogP contribution is 2.24. The Bertz CT molecular complexity index is 852. The van der Waals surface area contributed by atoms with E-state index < -0.39 is 11.9 Å². The molecule has 3 aromatic rings. The number of nitrogens with one attached hydrogen (secondary N) is 1. The average molecular weight is 364 g/mol. The van der Waals surface area contributed by atoms with Crippen molar-refractivity contribution in [1.82, 2.24) is 5.32 Å². The number of hydrogen-bond donors (Lipinski definition) is 1. The fourth-order valence-corrected chi connectivity index (χ4v) is 3.13. The van der Waals surface area contributed by atoms with Crippen LogP contribution in [0.3, 0.4) is 0 Å². The van der Waals surface area contributed by atoms with Crippen molar-refractivity contribution in [2.24, 2.45) is 0 Å². The Morgan fingerprint density at radius 2 is 2.08 bits per heavy atom. The molecule has 1 aromatic carbocycles. The molecule has 0 spiro atoms. The van der Waals surface area contributed by atoms with Gasteiger partial charge in [-0.1, -0.05) is 29.8 Å². The lowest BCUT2D eigenvalue weighted by Crippen LogP contribution is -2.30. The minimum Gasteiger partial charge on any atom is -0.459 e. The Kier molecular flexibility index (Phi) is 4.87. The van der Waals surface area contributed by atoms with Crippen LogP contribution in [0, 0.1) is 0 Å². The molecule has 124 valence electrons. The zero-order chi connectivity index (χ0) is 17.1. The summed E-state index contributed by atoms with van der Waals surface area (Å²) in [5.74, 6) is -0.335. The molecule has 1 atom stereocenters. The number of para-hydroxylation sites is 1. The van der Waals surface area contributed by atoms with Crippen LogP contribution >= 0.6 is 22.9 Å². The number of rotatable bonds is 5. The summed E-state index contributed by atoms with van der Waals surface area (Å²) in [4.78, 5) is 24.1. The number of benzene rings is 1. The van der Waals surface area contributed by atoms with Gasteiger partial charge < -0.3 is 14.5 Å². The first-order chi connectivity index (χ1) is 11.5. The summed E-state index contributed by atoms with van der Waals surface area (Å²) in [6.07, 6.45) is 0. The van der Waals surface area contributed by atoms with Gasteiger partial charge in [0.2, 0.25) is 0 Å². The van der Waals surface area contributed by atoms with Crippen LogP contribution in [-0.2, 0) is 9.53 Å². The lowest BCUT2D eigenvalue weighted by atomic mass is 10.2. The molecule has 1 N–H and O–H groups in total. The third kappa shape index (κ3) is 3.77. The van der Waals surface area contributed by atoms with Gasteiger partial charge in [0.25, 0.3) is 5.91 Å². The van der Waals surface area contributed by atoms with Crippen molar-refractivity contribution in [3.8, 4) is 0 Å². The monoisotopic (exact) mass is 363 g/mol. The molecular weight excluding hydrogens is 350 g/mol. The van der Waals surface area contributed by atoms with Crippen LogP contribution in [0.25, 0.3) is 11.0 Å². The second kappa shape index (κ2) is 7.07. The van der Waals surface area contributed by atoms with E-state index in [-0.39, 0.29) is 12.6 Å². The number of ether oxygens (including phenoxy) is 1. The number of amides is 1. The zero-order valence-electron chi connectivity index (χ0n) is 12.7. The van der Waals surface area contributed by atoms with Gasteiger partial charge in [0, 0.05) is 5.39 Å². The maximum Gasteiger partial charge on any atom is 0.348 e. The number of carbonyl (C=O) groups is 2. The van der Waals surface area contributed by atoms with E-state index in [0.717, 1.165) is 22.3 Å². The Hall–Kier alpha value is -2.31. The molecule has 0 saturated heterocycles. The number of esters is 1. The molecule has 5 nitrogen and oxygen atoms in total. The van der Waals surface area contributed by atoms with Gasteiger partial charge in [0.15, 0.2) is 6.61 Å².